The van der Waals surface area contributed by atoms with E-state index >= 15 is 0 Å². The molecule has 3 aromatic rings. The lowest BCUT2D eigenvalue weighted by molar-refractivity contribution is 0.0314. The maximum Gasteiger partial charge on any atom is 0.194 e. The number of hydrogen-bond acceptors (Lipinski definition) is 4. The van der Waals surface area contributed by atoms with E-state index in [2.05, 4.69) is 20.9 Å². The molecule has 6 heteroatoms. The van der Waals surface area contributed by atoms with E-state index in [0.29, 0.717) is 16.7 Å². The molecule has 3 rings (SSSR count). The molecule has 20 heavy (non-hydrogen) atoms. The number of aliphatic hydroxyl groups excluding tert-OH is 2. The predicted octanol–water partition coefficient (Wildman–Crippen LogP) is 2.85. The minimum absolute atomic E-state index is 0.305. The largest absolute Gasteiger partial charge is 0.389 e. The summed E-state index contributed by atoms with van der Waals surface area (Å²) in [6, 6.07) is 9.69. The zero-order valence-corrected chi connectivity index (χ0v) is 12.9. The van der Waals surface area contributed by atoms with Gasteiger partial charge in [0.15, 0.2) is 4.96 Å². The fraction of sp³-hybridized carbons (Fsp3) is 0.214. The molecule has 0 aliphatic heterocycles. The first-order valence-corrected chi connectivity index (χ1v) is 8.15. The zero-order chi connectivity index (χ0) is 14.1. The van der Waals surface area contributed by atoms with Crippen LogP contribution in [-0.2, 0) is 0 Å². The monoisotopic (exact) mass is 352 g/mol. The lowest BCUT2D eigenvalue weighted by Gasteiger charge is -2.16. The van der Waals surface area contributed by atoms with Gasteiger partial charge in [-0.05, 0) is 0 Å². The van der Waals surface area contributed by atoms with Gasteiger partial charge < -0.3 is 10.2 Å². The molecule has 0 saturated heterocycles. The molecule has 104 valence electrons. The van der Waals surface area contributed by atoms with Gasteiger partial charge in [-0.3, -0.25) is 4.40 Å². The van der Waals surface area contributed by atoms with Gasteiger partial charge in [-0.2, -0.15) is 0 Å². The van der Waals surface area contributed by atoms with Gasteiger partial charge in [-0.15, -0.1) is 11.3 Å². The molecule has 2 atom stereocenters. The van der Waals surface area contributed by atoms with Crippen LogP contribution in [0.1, 0.15) is 11.8 Å². The van der Waals surface area contributed by atoms with Crippen molar-refractivity contribution >= 4 is 32.2 Å². The number of alkyl halides is 1. The maximum atomic E-state index is 10.4. The number of aliphatic hydroxyl groups is 2. The van der Waals surface area contributed by atoms with Crippen molar-refractivity contribution in [2.24, 2.45) is 0 Å². The minimum Gasteiger partial charge on any atom is -0.389 e. The summed E-state index contributed by atoms with van der Waals surface area (Å²) in [5, 5.41) is 22.5. The van der Waals surface area contributed by atoms with E-state index in [1.807, 2.05) is 46.3 Å². The van der Waals surface area contributed by atoms with Crippen LogP contribution < -0.4 is 0 Å². The van der Waals surface area contributed by atoms with Crippen molar-refractivity contribution in [3.8, 4) is 11.3 Å². The third kappa shape index (κ3) is 2.29. The molecule has 2 heterocycles. The summed E-state index contributed by atoms with van der Waals surface area (Å²) in [5.74, 6) is 0. The lowest BCUT2D eigenvalue weighted by Crippen LogP contribution is -2.21. The smallest absolute Gasteiger partial charge is 0.194 e. The Kier molecular flexibility index (Phi) is 3.89. The number of imidazole rings is 1. The van der Waals surface area contributed by atoms with Crippen LogP contribution in [0.3, 0.4) is 0 Å². The number of fused-ring (bicyclic) bond motifs is 1. The highest BCUT2D eigenvalue weighted by atomic mass is 79.9. The molecule has 2 aromatic heterocycles. The van der Waals surface area contributed by atoms with E-state index in [1.165, 1.54) is 11.3 Å². The third-order valence-corrected chi connectivity index (χ3v) is 4.57. The molecule has 4 nitrogen and oxygen atoms in total. The van der Waals surface area contributed by atoms with E-state index in [-0.39, 0.29) is 0 Å². The molecule has 0 aliphatic carbocycles. The first-order valence-electron chi connectivity index (χ1n) is 6.15. The fourth-order valence-corrected chi connectivity index (χ4v) is 3.24. The summed E-state index contributed by atoms with van der Waals surface area (Å²) in [6.07, 6.45) is -0.00897. The number of thiazole rings is 1. The first kappa shape index (κ1) is 13.8. The van der Waals surface area contributed by atoms with Gasteiger partial charge in [0.1, 0.15) is 6.10 Å². The summed E-state index contributed by atoms with van der Waals surface area (Å²) >= 11 is 4.70. The van der Waals surface area contributed by atoms with Gasteiger partial charge in [0, 0.05) is 22.5 Å². The zero-order valence-electron chi connectivity index (χ0n) is 10.5. The average molecular weight is 353 g/mol. The van der Waals surface area contributed by atoms with Crippen molar-refractivity contribution in [2.75, 3.05) is 5.33 Å². The Morgan fingerprint density at radius 2 is 2.00 bits per heavy atom. The van der Waals surface area contributed by atoms with Crippen LogP contribution in [0, 0.1) is 0 Å². The average Bonchev–Trinajstić information content (AvgIpc) is 3.07. The predicted molar refractivity (Wildman–Crippen MR) is 83.3 cm³/mol. The molecule has 1 aromatic carbocycles. The number of nitrogens with zero attached hydrogens (tertiary/aromatic N) is 2. The van der Waals surface area contributed by atoms with Gasteiger partial charge in [0.05, 0.1) is 17.5 Å². The van der Waals surface area contributed by atoms with Gasteiger partial charge in [-0.25, -0.2) is 4.98 Å². The topological polar surface area (TPSA) is 57.8 Å². The second-order valence-electron chi connectivity index (χ2n) is 4.43. The molecule has 0 spiro atoms. The molecule has 0 radical (unpaired) electrons. The van der Waals surface area contributed by atoms with Crippen LogP contribution in [-0.4, -0.2) is 31.0 Å². The van der Waals surface area contributed by atoms with Crippen molar-refractivity contribution < 1.29 is 10.2 Å². The fourth-order valence-electron chi connectivity index (χ4n) is 2.16. The van der Waals surface area contributed by atoms with E-state index in [1.54, 1.807) is 0 Å². The first-order chi connectivity index (χ1) is 9.72. The van der Waals surface area contributed by atoms with Crippen molar-refractivity contribution in [1.29, 1.82) is 0 Å². The van der Waals surface area contributed by atoms with Gasteiger partial charge >= 0.3 is 0 Å². The summed E-state index contributed by atoms with van der Waals surface area (Å²) in [6.45, 7) is 0. The van der Waals surface area contributed by atoms with Gasteiger partial charge in [0.2, 0.25) is 0 Å². The highest BCUT2D eigenvalue weighted by Gasteiger charge is 2.26. The summed E-state index contributed by atoms with van der Waals surface area (Å²) < 4.78 is 1.84. The number of aromatic nitrogens is 2. The number of rotatable bonds is 4. The molecule has 2 N–H and O–H groups in total. The third-order valence-electron chi connectivity index (χ3n) is 3.15. The highest BCUT2D eigenvalue weighted by Crippen LogP contribution is 2.32. The molecular weight excluding hydrogens is 340 g/mol. The SMILES string of the molecule is OC(CBr)C(O)c1c(-c2ccccc2)nc2sccn12. The Hall–Kier alpha value is -1.21. The number of hydrogen-bond donors (Lipinski definition) is 2. The van der Waals surface area contributed by atoms with E-state index in [0.717, 1.165) is 10.5 Å². The molecule has 0 bridgehead atoms. The lowest BCUT2D eigenvalue weighted by atomic mass is 10.0. The summed E-state index contributed by atoms with van der Waals surface area (Å²) in [5.41, 5.74) is 2.27. The Bertz CT molecular complexity index is 710. The standard InChI is InChI=1S/C14H13BrN2O2S/c15-8-10(18)13(19)12-11(9-4-2-1-3-5-9)16-14-17(12)6-7-20-14/h1-7,10,13,18-19H,8H2. The van der Waals surface area contributed by atoms with Crippen LogP contribution in [0.5, 0.6) is 0 Å². The Morgan fingerprint density at radius 1 is 1.25 bits per heavy atom. The molecule has 0 fully saturated rings. The molecule has 0 saturated carbocycles. The van der Waals surface area contributed by atoms with Crippen LogP contribution >= 0.6 is 27.3 Å². The van der Waals surface area contributed by atoms with Crippen LogP contribution in [0.2, 0.25) is 0 Å². The van der Waals surface area contributed by atoms with Gasteiger partial charge in [-0.1, -0.05) is 46.3 Å². The Labute approximate surface area is 128 Å². The quantitative estimate of drug-likeness (QED) is 0.709. The normalized spacial score (nSPS) is 14.6. The second kappa shape index (κ2) is 5.65. The van der Waals surface area contributed by atoms with E-state index in [9.17, 15) is 10.2 Å². The maximum absolute atomic E-state index is 10.4. The second-order valence-corrected chi connectivity index (χ2v) is 5.95. The van der Waals surface area contributed by atoms with E-state index < -0.39 is 12.2 Å². The van der Waals surface area contributed by atoms with Crippen molar-refractivity contribution in [3.63, 3.8) is 0 Å². The number of halogens is 1. The van der Waals surface area contributed by atoms with Crippen molar-refractivity contribution in [2.45, 2.75) is 12.2 Å². The summed E-state index contributed by atoms with van der Waals surface area (Å²) in [7, 11) is 0. The van der Waals surface area contributed by atoms with Crippen molar-refractivity contribution in [1.82, 2.24) is 9.38 Å². The van der Waals surface area contributed by atoms with Crippen molar-refractivity contribution in [3.05, 3.63) is 47.6 Å². The van der Waals surface area contributed by atoms with Crippen LogP contribution in [0.4, 0.5) is 0 Å². The molecule has 0 aliphatic rings. The summed E-state index contributed by atoms with van der Waals surface area (Å²) in [4.78, 5) is 5.38. The molecule has 0 amide bonds. The highest BCUT2D eigenvalue weighted by molar-refractivity contribution is 9.09. The number of benzene rings is 1. The Balaban J connectivity index is 2.19. The minimum atomic E-state index is -0.991. The molecular formula is C14H13BrN2O2S. The van der Waals surface area contributed by atoms with Crippen LogP contribution in [0.15, 0.2) is 41.9 Å². The van der Waals surface area contributed by atoms with Gasteiger partial charge in [0.25, 0.3) is 0 Å². The molecule has 2 unspecified atom stereocenters. The Morgan fingerprint density at radius 3 is 2.70 bits per heavy atom. The van der Waals surface area contributed by atoms with E-state index in [4.69, 9.17) is 0 Å². The van der Waals surface area contributed by atoms with Crippen LogP contribution in [0.25, 0.3) is 16.2 Å².